The molecule has 0 radical (unpaired) electrons. The smallest absolute Gasteiger partial charge is 0.270 e. The van der Waals surface area contributed by atoms with Crippen molar-refractivity contribution in [2.45, 2.75) is 26.3 Å². The number of carbonyl (C=O) groups is 2. The van der Waals surface area contributed by atoms with Crippen LogP contribution in [-0.4, -0.2) is 23.3 Å². The summed E-state index contributed by atoms with van der Waals surface area (Å²) in [5, 5.41) is 5.89. The van der Waals surface area contributed by atoms with Crippen molar-refractivity contribution in [2.75, 3.05) is 6.54 Å². The van der Waals surface area contributed by atoms with Crippen LogP contribution in [0, 0.1) is 6.92 Å². The molecule has 0 aliphatic carbocycles. The van der Waals surface area contributed by atoms with E-state index in [-0.39, 0.29) is 24.2 Å². The summed E-state index contributed by atoms with van der Waals surface area (Å²) >= 11 is 5.82. The number of hydrogen-bond donors (Lipinski definition) is 2. The number of aryl methyl sites for hydroxylation is 1. The number of carbonyl (C=O) groups excluding carboxylic acids is 2. The van der Waals surface area contributed by atoms with Crippen molar-refractivity contribution in [3.8, 4) is 0 Å². The van der Waals surface area contributed by atoms with Crippen LogP contribution in [0.2, 0.25) is 5.02 Å². The van der Waals surface area contributed by atoms with Crippen molar-refractivity contribution in [2.24, 2.45) is 0 Å². The van der Waals surface area contributed by atoms with Crippen molar-refractivity contribution in [3.05, 3.63) is 64.4 Å². The number of amides is 2. The van der Waals surface area contributed by atoms with E-state index in [1.54, 1.807) is 6.07 Å². The Morgan fingerprint density at radius 3 is 2.54 bits per heavy atom. The first kappa shape index (κ1) is 17.9. The molecule has 1 aromatic carbocycles. The van der Waals surface area contributed by atoms with Crippen LogP contribution in [0.3, 0.4) is 0 Å². The summed E-state index contributed by atoms with van der Waals surface area (Å²) in [6.07, 6.45) is 2.21. The van der Waals surface area contributed by atoms with Gasteiger partial charge >= 0.3 is 0 Å². The van der Waals surface area contributed by atoms with E-state index in [1.165, 1.54) is 17.8 Å². The standard InChI is InChI=1S/C18H20ClN3O2/c1-3-15(13-6-4-12(2)5-7-13)22-17(23)11-21-18(24)16-10-14(19)8-9-20-16/h4-10,15H,3,11H2,1-2H3,(H,21,24)(H,22,23)/t15-/m1/s1. The summed E-state index contributed by atoms with van der Waals surface area (Å²) in [4.78, 5) is 28.0. The zero-order valence-corrected chi connectivity index (χ0v) is 14.4. The molecule has 126 valence electrons. The minimum absolute atomic E-state index is 0.0840. The van der Waals surface area contributed by atoms with Gasteiger partial charge in [-0.15, -0.1) is 0 Å². The third kappa shape index (κ3) is 5.06. The lowest BCUT2D eigenvalue weighted by Gasteiger charge is -2.18. The number of halogens is 1. The molecule has 0 saturated heterocycles. The fourth-order valence-electron chi connectivity index (χ4n) is 2.25. The first-order chi connectivity index (χ1) is 11.5. The molecule has 0 spiro atoms. The summed E-state index contributed by atoms with van der Waals surface area (Å²) in [6.45, 7) is 3.90. The summed E-state index contributed by atoms with van der Waals surface area (Å²) in [5.41, 5.74) is 2.39. The molecule has 0 bridgehead atoms. The Bertz CT molecular complexity index is 716. The Labute approximate surface area is 146 Å². The van der Waals surface area contributed by atoms with Crippen LogP contribution in [-0.2, 0) is 4.79 Å². The maximum Gasteiger partial charge on any atom is 0.270 e. The predicted molar refractivity (Wildman–Crippen MR) is 93.9 cm³/mol. The van der Waals surface area contributed by atoms with Gasteiger partial charge in [0, 0.05) is 11.2 Å². The van der Waals surface area contributed by atoms with Gasteiger partial charge in [-0.1, -0.05) is 48.4 Å². The van der Waals surface area contributed by atoms with Crippen molar-refractivity contribution >= 4 is 23.4 Å². The quantitative estimate of drug-likeness (QED) is 0.845. The molecule has 5 nitrogen and oxygen atoms in total. The Balaban J connectivity index is 1.89. The zero-order chi connectivity index (χ0) is 17.5. The predicted octanol–water partition coefficient (Wildman–Crippen LogP) is 3.04. The van der Waals surface area contributed by atoms with Gasteiger partial charge in [-0.2, -0.15) is 0 Å². The van der Waals surface area contributed by atoms with Crippen LogP contribution < -0.4 is 10.6 Å². The van der Waals surface area contributed by atoms with Gasteiger partial charge in [-0.3, -0.25) is 14.6 Å². The summed E-state index contributed by atoms with van der Waals surface area (Å²) in [7, 11) is 0. The minimum Gasteiger partial charge on any atom is -0.348 e. The molecule has 0 unspecified atom stereocenters. The van der Waals surface area contributed by atoms with Crippen molar-refractivity contribution in [3.63, 3.8) is 0 Å². The summed E-state index contributed by atoms with van der Waals surface area (Å²) < 4.78 is 0. The maximum absolute atomic E-state index is 12.1. The second-order valence-corrected chi connectivity index (χ2v) is 5.92. The molecule has 6 heteroatoms. The second kappa shape index (κ2) is 8.45. The van der Waals surface area contributed by atoms with Crippen LogP contribution in [0.4, 0.5) is 0 Å². The molecule has 24 heavy (non-hydrogen) atoms. The summed E-state index contributed by atoms with van der Waals surface area (Å²) in [6, 6.07) is 11.0. The van der Waals surface area contributed by atoms with Gasteiger partial charge in [0.15, 0.2) is 0 Å². The highest BCUT2D eigenvalue weighted by Crippen LogP contribution is 2.16. The molecule has 2 N–H and O–H groups in total. The van der Waals surface area contributed by atoms with Crippen molar-refractivity contribution in [1.82, 2.24) is 15.6 Å². The van der Waals surface area contributed by atoms with Crippen molar-refractivity contribution < 1.29 is 9.59 Å². The van der Waals surface area contributed by atoms with E-state index >= 15 is 0 Å². The van der Waals surface area contributed by atoms with Crippen LogP contribution in [0.1, 0.15) is 41.0 Å². The van der Waals surface area contributed by atoms with Crippen LogP contribution in [0.25, 0.3) is 0 Å². The Hall–Kier alpha value is -2.40. The van der Waals surface area contributed by atoms with E-state index in [2.05, 4.69) is 15.6 Å². The highest BCUT2D eigenvalue weighted by molar-refractivity contribution is 6.30. The fraction of sp³-hybridized carbons (Fsp3) is 0.278. The molecular weight excluding hydrogens is 326 g/mol. The van der Waals surface area contributed by atoms with Gasteiger partial charge in [-0.25, -0.2) is 0 Å². The van der Waals surface area contributed by atoms with Gasteiger partial charge in [0.25, 0.3) is 5.91 Å². The highest BCUT2D eigenvalue weighted by Gasteiger charge is 2.14. The molecule has 1 aromatic heterocycles. The number of rotatable bonds is 6. The van der Waals surface area contributed by atoms with Gasteiger partial charge in [0.1, 0.15) is 5.69 Å². The third-order valence-corrected chi connectivity index (χ3v) is 3.82. The molecule has 0 saturated carbocycles. The average molecular weight is 346 g/mol. The highest BCUT2D eigenvalue weighted by atomic mass is 35.5. The van der Waals surface area contributed by atoms with Crippen LogP contribution in [0.5, 0.6) is 0 Å². The average Bonchev–Trinajstić information content (AvgIpc) is 2.58. The zero-order valence-electron chi connectivity index (χ0n) is 13.7. The first-order valence-corrected chi connectivity index (χ1v) is 8.13. The minimum atomic E-state index is -0.434. The van der Waals surface area contributed by atoms with Gasteiger partial charge in [0.2, 0.25) is 5.91 Å². The molecule has 2 amide bonds. The maximum atomic E-state index is 12.1. The van der Waals surface area contributed by atoms with E-state index in [9.17, 15) is 9.59 Å². The number of pyridine rings is 1. The number of nitrogens with one attached hydrogen (secondary N) is 2. The largest absolute Gasteiger partial charge is 0.348 e. The lowest BCUT2D eigenvalue weighted by Crippen LogP contribution is -2.38. The molecule has 0 aliphatic heterocycles. The van der Waals surface area contributed by atoms with E-state index in [0.717, 1.165) is 12.0 Å². The Morgan fingerprint density at radius 2 is 1.92 bits per heavy atom. The normalized spacial score (nSPS) is 11.6. The molecule has 0 aliphatic rings. The molecule has 2 rings (SSSR count). The van der Waals surface area contributed by atoms with Crippen LogP contribution in [0.15, 0.2) is 42.6 Å². The third-order valence-electron chi connectivity index (χ3n) is 3.59. The second-order valence-electron chi connectivity index (χ2n) is 5.48. The van der Waals surface area contributed by atoms with Gasteiger partial charge in [0.05, 0.1) is 12.6 Å². The van der Waals surface area contributed by atoms with Gasteiger partial charge in [-0.05, 0) is 31.0 Å². The lowest BCUT2D eigenvalue weighted by atomic mass is 10.0. The molecule has 1 heterocycles. The Morgan fingerprint density at radius 1 is 1.21 bits per heavy atom. The van der Waals surface area contributed by atoms with Crippen LogP contribution >= 0.6 is 11.6 Å². The van der Waals surface area contributed by atoms with E-state index in [0.29, 0.717) is 5.02 Å². The fourth-order valence-corrected chi connectivity index (χ4v) is 2.40. The van der Waals surface area contributed by atoms with E-state index in [4.69, 9.17) is 11.6 Å². The lowest BCUT2D eigenvalue weighted by molar-refractivity contribution is -0.120. The van der Waals surface area contributed by atoms with E-state index < -0.39 is 5.91 Å². The molecular formula is C18H20ClN3O2. The summed E-state index contributed by atoms with van der Waals surface area (Å²) in [5.74, 6) is -0.686. The molecule has 1 atom stereocenters. The molecule has 0 fully saturated rings. The monoisotopic (exact) mass is 345 g/mol. The Kier molecular flexibility index (Phi) is 6.32. The first-order valence-electron chi connectivity index (χ1n) is 7.75. The number of benzene rings is 1. The number of aromatic nitrogens is 1. The van der Waals surface area contributed by atoms with Gasteiger partial charge < -0.3 is 10.6 Å². The van der Waals surface area contributed by atoms with Crippen molar-refractivity contribution in [1.29, 1.82) is 0 Å². The van der Waals surface area contributed by atoms with E-state index in [1.807, 2.05) is 38.1 Å². The number of nitrogens with zero attached hydrogens (tertiary/aromatic N) is 1. The molecule has 2 aromatic rings. The number of hydrogen-bond acceptors (Lipinski definition) is 3. The topological polar surface area (TPSA) is 71.1 Å². The SMILES string of the molecule is CC[C@@H](NC(=O)CNC(=O)c1cc(Cl)ccn1)c1ccc(C)cc1.